The van der Waals surface area contributed by atoms with E-state index in [-0.39, 0.29) is 5.69 Å². The molecule has 0 saturated heterocycles. The first-order valence-corrected chi connectivity index (χ1v) is 6.56. The fraction of sp³-hybridized carbons (Fsp3) is 0. The van der Waals surface area contributed by atoms with Gasteiger partial charge in [0.2, 0.25) is 0 Å². The van der Waals surface area contributed by atoms with Crippen molar-refractivity contribution in [2.24, 2.45) is 0 Å². The fourth-order valence-electron chi connectivity index (χ4n) is 1.63. The summed E-state index contributed by atoms with van der Waals surface area (Å²) < 4.78 is 0.337. The number of nitrogens with zero attached hydrogens (tertiary/aromatic N) is 2. The number of nitriles is 1. The van der Waals surface area contributed by atoms with Crippen LogP contribution < -0.4 is 5.32 Å². The van der Waals surface area contributed by atoms with Gasteiger partial charge in [-0.2, -0.15) is 5.26 Å². The molecule has 0 radical (unpaired) electrons. The molecule has 0 fully saturated rings. The molecule has 0 saturated carbocycles. The maximum absolute atomic E-state index is 12.0. The molecule has 0 aliphatic rings. The van der Waals surface area contributed by atoms with E-state index < -0.39 is 10.8 Å². The van der Waals surface area contributed by atoms with Crippen LogP contribution in [0.1, 0.15) is 15.9 Å². The van der Waals surface area contributed by atoms with Gasteiger partial charge in [-0.3, -0.25) is 14.9 Å². The molecule has 0 heterocycles. The first-order chi connectivity index (χ1) is 10.0. The number of nitro benzene ring substituents is 1. The van der Waals surface area contributed by atoms with E-state index >= 15 is 0 Å². The highest BCUT2D eigenvalue weighted by Crippen LogP contribution is 2.28. The van der Waals surface area contributed by atoms with Crippen molar-refractivity contribution < 1.29 is 9.72 Å². The van der Waals surface area contributed by atoms with Gasteiger partial charge in [0, 0.05) is 17.3 Å². The van der Waals surface area contributed by atoms with E-state index in [0.29, 0.717) is 21.3 Å². The molecule has 21 heavy (non-hydrogen) atoms. The molecule has 0 aromatic heterocycles. The Kier molecular flexibility index (Phi) is 4.30. The minimum Gasteiger partial charge on any atom is -0.322 e. The van der Waals surface area contributed by atoms with Gasteiger partial charge in [-0.1, -0.05) is 0 Å². The van der Waals surface area contributed by atoms with E-state index in [1.807, 2.05) is 6.07 Å². The van der Waals surface area contributed by atoms with E-state index in [4.69, 9.17) is 5.26 Å². The van der Waals surface area contributed by atoms with Gasteiger partial charge in [-0.25, -0.2) is 0 Å². The largest absolute Gasteiger partial charge is 0.322 e. The van der Waals surface area contributed by atoms with Crippen LogP contribution in [-0.2, 0) is 0 Å². The fourth-order valence-corrected chi connectivity index (χ4v) is 2.02. The molecule has 7 heteroatoms. The van der Waals surface area contributed by atoms with E-state index in [2.05, 4.69) is 21.2 Å². The minimum atomic E-state index is -0.540. The van der Waals surface area contributed by atoms with Crippen LogP contribution in [-0.4, -0.2) is 10.8 Å². The standard InChI is InChI=1S/C14H8BrN3O3/c15-12-6-5-11(7-13(12)18(20)21)17-14(19)10-3-1-9(8-16)2-4-10/h1-7H,(H,17,19). The molecule has 0 aliphatic carbocycles. The summed E-state index contributed by atoms with van der Waals surface area (Å²) >= 11 is 3.07. The van der Waals surface area contributed by atoms with Crippen molar-refractivity contribution in [1.82, 2.24) is 0 Å². The zero-order valence-corrected chi connectivity index (χ0v) is 12.1. The highest BCUT2D eigenvalue weighted by molar-refractivity contribution is 9.10. The molecule has 104 valence electrons. The second kappa shape index (κ2) is 6.15. The van der Waals surface area contributed by atoms with Crippen molar-refractivity contribution in [3.05, 3.63) is 68.2 Å². The summed E-state index contributed by atoms with van der Waals surface area (Å²) in [4.78, 5) is 22.3. The quantitative estimate of drug-likeness (QED) is 0.680. The molecular weight excluding hydrogens is 338 g/mol. The lowest BCUT2D eigenvalue weighted by Gasteiger charge is -2.06. The zero-order chi connectivity index (χ0) is 15.4. The Morgan fingerprint density at radius 1 is 1.24 bits per heavy atom. The van der Waals surface area contributed by atoms with Crippen LogP contribution >= 0.6 is 15.9 Å². The van der Waals surface area contributed by atoms with E-state index in [1.54, 1.807) is 6.07 Å². The summed E-state index contributed by atoms with van der Waals surface area (Å²) in [6, 6.07) is 12.4. The smallest absolute Gasteiger partial charge is 0.285 e. The molecule has 6 nitrogen and oxygen atoms in total. The Labute approximate surface area is 128 Å². The number of anilines is 1. The molecular formula is C14H8BrN3O3. The van der Waals surface area contributed by atoms with Crippen LogP contribution in [0.4, 0.5) is 11.4 Å². The third-order valence-electron chi connectivity index (χ3n) is 2.68. The number of carbonyl (C=O) groups is 1. The lowest BCUT2D eigenvalue weighted by molar-refractivity contribution is -0.385. The third kappa shape index (κ3) is 3.43. The predicted octanol–water partition coefficient (Wildman–Crippen LogP) is 3.48. The molecule has 0 bridgehead atoms. The molecule has 1 N–H and O–H groups in total. The topological polar surface area (TPSA) is 96.0 Å². The average molecular weight is 346 g/mol. The molecule has 2 rings (SSSR count). The number of rotatable bonds is 3. The van der Waals surface area contributed by atoms with Crippen molar-refractivity contribution in [1.29, 1.82) is 5.26 Å². The average Bonchev–Trinajstić information content (AvgIpc) is 2.49. The highest BCUT2D eigenvalue weighted by Gasteiger charge is 2.14. The Balaban J connectivity index is 2.21. The normalized spacial score (nSPS) is 9.71. The lowest BCUT2D eigenvalue weighted by atomic mass is 10.1. The Bertz CT molecular complexity index is 751. The van der Waals surface area contributed by atoms with Crippen LogP contribution in [0.25, 0.3) is 0 Å². The maximum atomic E-state index is 12.0. The number of halogens is 1. The van der Waals surface area contributed by atoms with E-state index in [1.165, 1.54) is 36.4 Å². The summed E-state index contributed by atoms with van der Waals surface area (Å²) in [6.45, 7) is 0. The van der Waals surface area contributed by atoms with Crippen LogP contribution in [0.5, 0.6) is 0 Å². The zero-order valence-electron chi connectivity index (χ0n) is 10.5. The van der Waals surface area contributed by atoms with E-state index in [9.17, 15) is 14.9 Å². The first kappa shape index (κ1) is 14.7. The minimum absolute atomic E-state index is 0.132. The molecule has 2 aromatic rings. The lowest BCUT2D eigenvalue weighted by Crippen LogP contribution is -2.11. The second-order valence-corrected chi connectivity index (χ2v) is 4.92. The molecule has 0 aliphatic heterocycles. The highest BCUT2D eigenvalue weighted by atomic mass is 79.9. The summed E-state index contributed by atoms with van der Waals surface area (Å²) in [5.74, 6) is -0.406. The Morgan fingerprint density at radius 2 is 1.90 bits per heavy atom. The number of carbonyl (C=O) groups excluding carboxylic acids is 1. The summed E-state index contributed by atoms with van der Waals surface area (Å²) in [5, 5.41) is 22.1. The van der Waals surface area contributed by atoms with E-state index in [0.717, 1.165) is 0 Å². The number of nitrogens with one attached hydrogen (secondary N) is 1. The molecule has 0 spiro atoms. The van der Waals surface area contributed by atoms with Gasteiger partial charge in [0.05, 0.1) is 21.0 Å². The van der Waals surface area contributed by atoms with Gasteiger partial charge in [-0.15, -0.1) is 0 Å². The van der Waals surface area contributed by atoms with Crippen molar-refractivity contribution in [2.45, 2.75) is 0 Å². The molecule has 2 aromatic carbocycles. The van der Waals surface area contributed by atoms with Gasteiger partial charge in [-0.05, 0) is 52.3 Å². The number of hydrogen-bond donors (Lipinski definition) is 1. The number of benzene rings is 2. The molecule has 0 atom stereocenters. The third-order valence-corrected chi connectivity index (χ3v) is 3.35. The van der Waals surface area contributed by atoms with Crippen LogP contribution in [0, 0.1) is 21.4 Å². The second-order valence-electron chi connectivity index (χ2n) is 4.07. The molecule has 1 amide bonds. The summed E-state index contributed by atoms with van der Waals surface area (Å²) in [5.41, 5.74) is 0.997. The van der Waals surface area contributed by atoms with Gasteiger partial charge in [0.15, 0.2) is 0 Å². The van der Waals surface area contributed by atoms with Gasteiger partial charge in [0.1, 0.15) is 0 Å². The Morgan fingerprint density at radius 3 is 2.48 bits per heavy atom. The first-order valence-electron chi connectivity index (χ1n) is 5.76. The van der Waals surface area contributed by atoms with Crippen molar-refractivity contribution >= 4 is 33.2 Å². The van der Waals surface area contributed by atoms with Crippen LogP contribution in [0.2, 0.25) is 0 Å². The Hall–Kier alpha value is -2.72. The maximum Gasteiger partial charge on any atom is 0.285 e. The number of hydrogen-bond acceptors (Lipinski definition) is 4. The summed E-state index contributed by atoms with van der Waals surface area (Å²) in [6.07, 6.45) is 0. The number of nitro groups is 1. The molecule has 0 unspecified atom stereocenters. The van der Waals surface area contributed by atoms with Crippen molar-refractivity contribution in [3.63, 3.8) is 0 Å². The SMILES string of the molecule is N#Cc1ccc(C(=O)Nc2ccc(Br)c([N+](=O)[O-])c2)cc1. The predicted molar refractivity (Wildman–Crippen MR) is 79.9 cm³/mol. The van der Waals surface area contributed by atoms with Crippen molar-refractivity contribution in [2.75, 3.05) is 5.32 Å². The van der Waals surface area contributed by atoms with Gasteiger partial charge in [0.25, 0.3) is 11.6 Å². The van der Waals surface area contributed by atoms with Crippen LogP contribution in [0.15, 0.2) is 46.9 Å². The monoisotopic (exact) mass is 345 g/mol. The summed E-state index contributed by atoms with van der Waals surface area (Å²) in [7, 11) is 0. The van der Waals surface area contributed by atoms with Crippen molar-refractivity contribution in [3.8, 4) is 6.07 Å². The number of amides is 1. The van der Waals surface area contributed by atoms with Gasteiger partial charge < -0.3 is 5.32 Å². The van der Waals surface area contributed by atoms with Crippen LogP contribution in [0.3, 0.4) is 0 Å². The van der Waals surface area contributed by atoms with Gasteiger partial charge >= 0.3 is 0 Å².